The van der Waals surface area contributed by atoms with Gasteiger partial charge in [-0.25, -0.2) is 0 Å². The highest BCUT2D eigenvalue weighted by molar-refractivity contribution is 6.01. The number of carboxylic acid groups (broad SMARTS) is 1. The maximum Gasteiger partial charge on any atom is 0.323 e. The molecule has 1 aromatic carbocycles. The van der Waals surface area contributed by atoms with Gasteiger partial charge < -0.3 is 10.0 Å². The van der Waals surface area contributed by atoms with Crippen molar-refractivity contribution in [3.63, 3.8) is 0 Å². The minimum absolute atomic E-state index is 0.0707. The molecular formula is C14H18N2O5. The average molecular weight is 294 g/mol. The Morgan fingerprint density at radius 2 is 1.90 bits per heavy atom. The molecule has 1 rings (SSSR count). The molecule has 0 unspecified atom stereocenters. The Kier molecular flexibility index (Phi) is 4.67. The number of nitrogens with zero attached hydrogens (tertiary/aromatic N) is 2. The highest BCUT2D eigenvalue weighted by Gasteiger charge is 2.33. The van der Waals surface area contributed by atoms with E-state index in [0.29, 0.717) is 5.56 Å². The number of carbonyl (C=O) groups is 2. The number of hydrogen-bond donors (Lipinski definition) is 1. The number of benzene rings is 1. The predicted molar refractivity (Wildman–Crippen MR) is 76.3 cm³/mol. The minimum atomic E-state index is -1.17. The van der Waals surface area contributed by atoms with Crippen LogP contribution in [0.4, 0.5) is 5.69 Å². The van der Waals surface area contributed by atoms with Gasteiger partial charge in [-0.1, -0.05) is 12.1 Å². The van der Waals surface area contributed by atoms with Crippen LogP contribution in [0.2, 0.25) is 0 Å². The second kappa shape index (κ2) is 5.90. The van der Waals surface area contributed by atoms with Crippen LogP contribution in [0, 0.1) is 17.0 Å². The monoisotopic (exact) mass is 294 g/mol. The number of nitro groups is 1. The van der Waals surface area contributed by atoms with E-state index in [1.165, 1.54) is 12.1 Å². The summed E-state index contributed by atoms with van der Waals surface area (Å²) in [6.45, 7) is 6.10. The molecule has 1 amide bonds. The molecule has 0 aliphatic heterocycles. The Morgan fingerprint density at radius 1 is 1.33 bits per heavy atom. The zero-order valence-electron chi connectivity index (χ0n) is 12.4. The molecular weight excluding hydrogens is 276 g/mol. The van der Waals surface area contributed by atoms with Crippen molar-refractivity contribution in [2.75, 3.05) is 6.54 Å². The fourth-order valence-corrected chi connectivity index (χ4v) is 1.97. The summed E-state index contributed by atoms with van der Waals surface area (Å²) >= 11 is 0. The molecule has 0 aromatic heterocycles. The van der Waals surface area contributed by atoms with E-state index in [2.05, 4.69) is 0 Å². The third-order valence-corrected chi connectivity index (χ3v) is 3.01. The van der Waals surface area contributed by atoms with Gasteiger partial charge in [0, 0.05) is 11.6 Å². The average Bonchev–Trinajstić information content (AvgIpc) is 2.33. The molecule has 0 aliphatic rings. The maximum absolute atomic E-state index is 12.6. The summed E-state index contributed by atoms with van der Waals surface area (Å²) in [6, 6.07) is 4.31. The summed E-state index contributed by atoms with van der Waals surface area (Å²) in [4.78, 5) is 35.2. The molecule has 0 aliphatic carbocycles. The summed E-state index contributed by atoms with van der Waals surface area (Å²) in [7, 11) is 0. The zero-order valence-corrected chi connectivity index (χ0v) is 12.4. The lowest BCUT2D eigenvalue weighted by molar-refractivity contribution is -0.385. The zero-order chi connectivity index (χ0) is 16.4. The van der Waals surface area contributed by atoms with Gasteiger partial charge in [-0.15, -0.1) is 0 Å². The molecule has 7 nitrogen and oxygen atoms in total. The lowest BCUT2D eigenvalue weighted by Gasteiger charge is -2.34. The van der Waals surface area contributed by atoms with E-state index in [1.807, 2.05) is 0 Å². The molecule has 1 N–H and O–H groups in total. The lowest BCUT2D eigenvalue weighted by Crippen LogP contribution is -2.48. The minimum Gasteiger partial charge on any atom is -0.480 e. The van der Waals surface area contributed by atoms with Crippen LogP contribution in [0.15, 0.2) is 18.2 Å². The van der Waals surface area contributed by atoms with Gasteiger partial charge in [-0.3, -0.25) is 19.7 Å². The van der Waals surface area contributed by atoms with Crippen LogP contribution in [0.1, 0.15) is 36.7 Å². The molecule has 0 fully saturated rings. The van der Waals surface area contributed by atoms with Crippen molar-refractivity contribution in [2.24, 2.45) is 0 Å². The molecule has 0 bridgehead atoms. The number of aryl methyl sites for hydroxylation is 1. The van der Waals surface area contributed by atoms with E-state index in [9.17, 15) is 19.7 Å². The SMILES string of the molecule is Cc1cccc([N+](=O)[O-])c1C(=O)N(CC(=O)O)C(C)(C)C. The summed E-state index contributed by atoms with van der Waals surface area (Å²) in [6.07, 6.45) is 0. The van der Waals surface area contributed by atoms with Crippen LogP contribution in [0.5, 0.6) is 0 Å². The normalized spacial score (nSPS) is 11.0. The van der Waals surface area contributed by atoms with E-state index in [4.69, 9.17) is 5.11 Å². The summed E-state index contributed by atoms with van der Waals surface area (Å²) in [5.74, 6) is -1.83. The predicted octanol–water partition coefficient (Wildman–Crippen LogP) is 2.23. The first kappa shape index (κ1) is 16.6. The lowest BCUT2D eigenvalue weighted by atomic mass is 10.0. The molecule has 0 atom stereocenters. The largest absolute Gasteiger partial charge is 0.480 e. The molecule has 0 saturated heterocycles. The first-order chi connectivity index (χ1) is 9.55. The molecule has 0 radical (unpaired) electrons. The highest BCUT2D eigenvalue weighted by atomic mass is 16.6. The van der Waals surface area contributed by atoms with Crippen LogP contribution in [-0.4, -0.2) is 38.9 Å². The number of carboxylic acids is 1. The number of aliphatic carboxylic acids is 1. The van der Waals surface area contributed by atoms with E-state index in [1.54, 1.807) is 33.8 Å². The van der Waals surface area contributed by atoms with Gasteiger partial charge in [0.2, 0.25) is 0 Å². The molecule has 7 heteroatoms. The van der Waals surface area contributed by atoms with Crippen molar-refractivity contribution in [3.8, 4) is 0 Å². The van der Waals surface area contributed by atoms with Crippen LogP contribution < -0.4 is 0 Å². The topological polar surface area (TPSA) is 101 Å². The molecule has 114 valence electrons. The molecule has 0 saturated carbocycles. The smallest absolute Gasteiger partial charge is 0.323 e. The van der Waals surface area contributed by atoms with Gasteiger partial charge >= 0.3 is 5.97 Å². The van der Waals surface area contributed by atoms with Crippen molar-refractivity contribution in [1.82, 2.24) is 4.90 Å². The highest BCUT2D eigenvalue weighted by Crippen LogP contribution is 2.26. The fourth-order valence-electron chi connectivity index (χ4n) is 1.97. The first-order valence-electron chi connectivity index (χ1n) is 6.33. The summed E-state index contributed by atoms with van der Waals surface area (Å²) in [5.41, 5.74) is -0.724. The Morgan fingerprint density at radius 3 is 2.33 bits per heavy atom. The van der Waals surface area contributed by atoms with Crippen molar-refractivity contribution < 1.29 is 19.6 Å². The maximum atomic E-state index is 12.6. The number of nitro benzene ring substituents is 1. The molecule has 0 heterocycles. The van der Waals surface area contributed by atoms with Crippen LogP contribution in [0.25, 0.3) is 0 Å². The van der Waals surface area contributed by atoms with E-state index in [-0.39, 0.29) is 11.3 Å². The third kappa shape index (κ3) is 3.77. The first-order valence-corrected chi connectivity index (χ1v) is 6.33. The van der Waals surface area contributed by atoms with Gasteiger partial charge in [-0.2, -0.15) is 0 Å². The van der Waals surface area contributed by atoms with E-state index >= 15 is 0 Å². The summed E-state index contributed by atoms with van der Waals surface area (Å²) in [5, 5.41) is 20.1. The van der Waals surface area contributed by atoms with Gasteiger partial charge in [0.1, 0.15) is 12.1 Å². The van der Waals surface area contributed by atoms with Crippen molar-refractivity contribution >= 4 is 17.6 Å². The van der Waals surface area contributed by atoms with E-state index in [0.717, 1.165) is 4.90 Å². The van der Waals surface area contributed by atoms with Gasteiger partial charge in [-0.05, 0) is 33.3 Å². The van der Waals surface area contributed by atoms with Crippen molar-refractivity contribution in [2.45, 2.75) is 33.2 Å². The van der Waals surface area contributed by atoms with Crippen LogP contribution in [0.3, 0.4) is 0 Å². The number of hydrogen-bond acceptors (Lipinski definition) is 4. The van der Waals surface area contributed by atoms with Crippen molar-refractivity contribution in [3.05, 3.63) is 39.4 Å². The number of carbonyl (C=O) groups excluding carboxylic acids is 1. The molecule has 1 aromatic rings. The quantitative estimate of drug-likeness (QED) is 0.677. The van der Waals surface area contributed by atoms with Crippen molar-refractivity contribution in [1.29, 1.82) is 0 Å². The molecule has 21 heavy (non-hydrogen) atoms. The Balaban J connectivity index is 3.40. The second-order valence-electron chi connectivity index (χ2n) is 5.68. The second-order valence-corrected chi connectivity index (χ2v) is 5.68. The van der Waals surface area contributed by atoms with E-state index < -0.39 is 28.9 Å². The molecule has 0 spiro atoms. The van der Waals surface area contributed by atoms with Gasteiger partial charge in [0.25, 0.3) is 11.6 Å². The van der Waals surface area contributed by atoms with Crippen LogP contribution >= 0.6 is 0 Å². The standard InChI is InChI=1S/C14H18N2O5/c1-9-6-5-7-10(16(20)21)12(9)13(19)15(8-11(17)18)14(2,3)4/h5-7H,8H2,1-4H3,(H,17,18). The summed E-state index contributed by atoms with van der Waals surface area (Å²) < 4.78 is 0. The van der Waals surface area contributed by atoms with Gasteiger partial charge in [0.15, 0.2) is 0 Å². The van der Waals surface area contributed by atoms with Crippen LogP contribution in [-0.2, 0) is 4.79 Å². The Labute approximate surface area is 122 Å². The van der Waals surface area contributed by atoms with Gasteiger partial charge in [0.05, 0.1) is 4.92 Å². The number of rotatable bonds is 4. The number of amides is 1. The Bertz CT molecular complexity index is 590. The Hall–Kier alpha value is -2.44. The third-order valence-electron chi connectivity index (χ3n) is 3.01. The fraction of sp³-hybridized carbons (Fsp3) is 0.429.